The SMILES string of the molecule is CCC(=O)N[C@@H](Cc1ccc2ccccc2c1)C(=O)N[C@@H](Cc1cccs1)C(=O)N[C@@H](CCCCN)C(=O)NC(c1ccccc1)c1ccccc1. The molecule has 1 heterocycles. The number of hydrogen-bond acceptors (Lipinski definition) is 6. The van der Waals surface area contributed by atoms with Crippen LogP contribution in [0.3, 0.4) is 0 Å². The molecule has 9 nitrogen and oxygen atoms in total. The smallest absolute Gasteiger partial charge is 0.243 e. The van der Waals surface area contributed by atoms with Gasteiger partial charge in [0.15, 0.2) is 0 Å². The lowest BCUT2D eigenvalue weighted by atomic mass is 9.97. The van der Waals surface area contributed by atoms with Crippen molar-refractivity contribution in [2.45, 2.75) is 69.6 Å². The standard InChI is InChI=1S/C42H47N5O4S/c1-2-38(48)44-36(27-29-22-23-30-14-9-10-19-33(30)26-29)41(50)46-37(28-34-20-13-25-52-34)42(51)45-35(21-11-12-24-43)40(49)47-39(31-15-5-3-6-16-31)32-17-7-4-8-18-32/h3-10,13-20,22-23,25-26,35-37,39H,2,11-12,21,24,27-28,43H2,1H3,(H,44,48)(H,45,51)(H,46,50)(H,47,49)/t35-,36-,37-/m0/s1. The van der Waals surface area contributed by atoms with Gasteiger partial charge in [0, 0.05) is 24.1 Å². The second kappa shape index (κ2) is 19.3. The molecule has 0 aliphatic heterocycles. The van der Waals surface area contributed by atoms with Gasteiger partial charge in [0.1, 0.15) is 18.1 Å². The Bertz CT molecular complexity index is 1860. The fraction of sp³-hybridized carbons (Fsp3) is 0.286. The van der Waals surface area contributed by atoms with Gasteiger partial charge in [0.25, 0.3) is 0 Å². The number of nitrogens with two attached hydrogens (primary N) is 1. The van der Waals surface area contributed by atoms with E-state index >= 15 is 0 Å². The zero-order valence-corrected chi connectivity index (χ0v) is 30.2. The first-order chi connectivity index (χ1) is 25.3. The summed E-state index contributed by atoms with van der Waals surface area (Å²) >= 11 is 1.47. The molecule has 0 radical (unpaired) electrons. The summed E-state index contributed by atoms with van der Waals surface area (Å²) in [7, 11) is 0. The van der Waals surface area contributed by atoms with Gasteiger partial charge in [-0.2, -0.15) is 0 Å². The maximum atomic E-state index is 14.2. The molecule has 4 amide bonds. The highest BCUT2D eigenvalue weighted by atomic mass is 32.1. The van der Waals surface area contributed by atoms with E-state index in [0.717, 1.165) is 32.3 Å². The Labute approximate surface area is 309 Å². The Morgan fingerprint density at radius 1 is 0.615 bits per heavy atom. The molecule has 0 spiro atoms. The van der Waals surface area contributed by atoms with Gasteiger partial charge in [-0.15, -0.1) is 11.3 Å². The minimum atomic E-state index is -1.01. The minimum Gasteiger partial charge on any atom is -0.344 e. The van der Waals surface area contributed by atoms with Crippen LogP contribution in [0.2, 0.25) is 0 Å². The second-order valence-electron chi connectivity index (χ2n) is 12.8. The van der Waals surface area contributed by atoms with E-state index in [0.29, 0.717) is 25.8 Å². The van der Waals surface area contributed by atoms with Gasteiger partial charge in [-0.1, -0.05) is 116 Å². The normalized spacial score (nSPS) is 12.8. The Hall–Kier alpha value is -5.32. The van der Waals surface area contributed by atoms with E-state index in [9.17, 15) is 19.2 Å². The Balaban J connectivity index is 1.37. The van der Waals surface area contributed by atoms with E-state index in [4.69, 9.17) is 5.73 Å². The highest BCUT2D eigenvalue weighted by Crippen LogP contribution is 2.23. The van der Waals surface area contributed by atoms with Crippen LogP contribution in [-0.2, 0) is 32.0 Å². The summed E-state index contributed by atoms with van der Waals surface area (Å²) in [6.45, 7) is 2.18. The summed E-state index contributed by atoms with van der Waals surface area (Å²) in [6.07, 6.45) is 2.32. The zero-order chi connectivity index (χ0) is 36.7. The Kier molecular flexibility index (Phi) is 14.1. The molecule has 0 unspecified atom stereocenters. The lowest BCUT2D eigenvalue weighted by molar-refractivity contribution is -0.133. The molecule has 4 aromatic carbocycles. The molecule has 10 heteroatoms. The lowest BCUT2D eigenvalue weighted by Crippen LogP contribution is -2.57. The summed E-state index contributed by atoms with van der Waals surface area (Å²) in [4.78, 5) is 55.7. The van der Waals surface area contributed by atoms with Crippen molar-refractivity contribution in [3.63, 3.8) is 0 Å². The molecule has 6 N–H and O–H groups in total. The van der Waals surface area contributed by atoms with Gasteiger partial charge in [-0.25, -0.2) is 0 Å². The minimum absolute atomic E-state index is 0.202. The molecule has 5 aromatic rings. The molecule has 270 valence electrons. The molecule has 3 atom stereocenters. The van der Waals surface area contributed by atoms with Gasteiger partial charge in [0.05, 0.1) is 6.04 Å². The third-order valence-corrected chi connectivity index (χ3v) is 9.88. The third kappa shape index (κ3) is 10.8. The summed E-state index contributed by atoms with van der Waals surface area (Å²) in [5.41, 5.74) is 8.48. The summed E-state index contributed by atoms with van der Waals surface area (Å²) in [5.74, 6) is -1.59. The number of benzene rings is 4. The molecule has 0 fully saturated rings. The number of fused-ring (bicyclic) bond motifs is 1. The number of carbonyl (C=O) groups is 4. The largest absolute Gasteiger partial charge is 0.344 e. The summed E-state index contributed by atoms with van der Waals surface area (Å²) in [5, 5.41) is 15.9. The molecule has 0 saturated heterocycles. The first kappa shape index (κ1) is 37.9. The van der Waals surface area contributed by atoms with E-state index in [-0.39, 0.29) is 31.1 Å². The van der Waals surface area contributed by atoms with E-state index in [1.54, 1.807) is 6.92 Å². The highest BCUT2D eigenvalue weighted by Gasteiger charge is 2.31. The van der Waals surface area contributed by atoms with Crippen molar-refractivity contribution in [2.24, 2.45) is 5.73 Å². The number of carbonyl (C=O) groups excluding carboxylic acids is 4. The van der Waals surface area contributed by atoms with E-state index in [2.05, 4.69) is 21.3 Å². The predicted octanol–water partition coefficient (Wildman–Crippen LogP) is 5.59. The topological polar surface area (TPSA) is 142 Å². The van der Waals surface area contributed by atoms with Crippen molar-refractivity contribution in [1.29, 1.82) is 0 Å². The van der Waals surface area contributed by atoms with Crippen LogP contribution in [0, 0.1) is 0 Å². The average Bonchev–Trinajstić information content (AvgIpc) is 3.69. The quantitative estimate of drug-likeness (QED) is 0.0753. The van der Waals surface area contributed by atoms with Crippen LogP contribution in [0.5, 0.6) is 0 Å². The molecule has 0 aliphatic rings. The van der Waals surface area contributed by atoms with Gasteiger partial charge in [0.2, 0.25) is 23.6 Å². The monoisotopic (exact) mass is 717 g/mol. The van der Waals surface area contributed by atoms with Gasteiger partial charge >= 0.3 is 0 Å². The van der Waals surface area contributed by atoms with Crippen molar-refractivity contribution < 1.29 is 19.2 Å². The van der Waals surface area contributed by atoms with Crippen LogP contribution >= 0.6 is 11.3 Å². The molecular weight excluding hydrogens is 671 g/mol. The van der Waals surface area contributed by atoms with Crippen LogP contribution in [-0.4, -0.2) is 48.3 Å². The van der Waals surface area contributed by atoms with Gasteiger partial charge in [-0.05, 0) is 64.7 Å². The van der Waals surface area contributed by atoms with Crippen LogP contribution in [0.4, 0.5) is 0 Å². The summed E-state index contributed by atoms with van der Waals surface area (Å²) in [6, 6.07) is 33.8. The maximum Gasteiger partial charge on any atom is 0.243 e. The molecule has 0 aliphatic carbocycles. The van der Waals surface area contributed by atoms with Crippen LogP contribution in [0.1, 0.15) is 60.2 Å². The third-order valence-electron chi connectivity index (χ3n) is 8.98. The predicted molar refractivity (Wildman–Crippen MR) is 208 cm³/mol. The van der Waals surface area contributed by atoms with Crippen molar-refractivity contribution in [3.8, 4) is 0 Å². The van der Waals surface area contributed by atoms with Gasteiger partial charge < -0.3 is 27.0 Å². The second-order valence-corrected chi connectivity index (χ2v) is 13.8. The number of amides is 4. The lowest BCUT2D eigenvalue weighted by Gasteiger charge is -2.27. The van der Waals surface area contributed by atoms with Crippen molar-refractivity contribution in [2.75, 3.05) is 6.54 Å². The first-order valence-corrected chi connectivity index (χ1v) is 18.7. The number of unbranched alkanes of at least 4 members (excludes halogenated alkanes) is 1. The fourth-order valence-corrected chi connectivity index (χ4v) is 6.90. The maximum absolute atomic E-state index is 14.2. The van der Waals surface area contributed by atoms with Crippen LogP contribution in [0.25, 0.3) is 10.8 Å². The molecule has 0 bridgehead atoms. The Morgan fingerprint density at radius 2 is 1.21 bits per heavy atom. The molecule has 52 heavy (non-hydrogen) atoms. The molecule has 1 aromatic heterocycles. The highest BCUT2D eigenvalue weighted by molar-refractivity contribution is 7.09. The van der Waals surface area contributed by atoms with Gasteiger partial charge in [-0.3, -0.25) is 19.2 Å². The fourth-order valence-electron chi connectivity index (χ4n) is 6.15. The molecular formula is C42H47N5O4S. The van der Waals surface area contributed by atoms with Crippen molar-refractivity contribution in [1.82, 2.24) is 21.3 Å². The first-order valence-electron chi connectivity index (χ1n) is 17.8. The number of rotatable bonds is 18. The molecule has 0 saturated carbocycles. The number of thiophene rings is 1. The van der Waals surface area contributed by atoms with E-state index in [1.807, 2.05) is 121 Å². The molecule has 5 rings (SSSR count). The average molecular weight is 718 g/mol. The van der Waals surface area contributed by atoms with E-state index < -0.39 is 36.0 Å². The van der Waals surface area contributed by atoms with Crippen LogP contribution in [0.15, 0.2) is 121 Å². The number of nitrogens with one attached hydrogen (secondary N) is 4. The van der Waals surface area contributed by atoms with Crippen molar-refractivity contribution >= 4 is 45.7 Å². The number of hydrogen-bond donors (Lipinski definition) is 5. The Morgan fingerprint density at radius 3 is 1.83 bits per heavy atom. The summed E-state index contributed by atoms with van der Waals surface area (Å²) < 4.78 is 0. The zero-order valence-electron chi connectivity index (χ0n) is 29.4. The van der Waals surface area contributed by atoms with Crippen molar-refractivity contribution in [3.05, 3.63) is 142 Å². The van der Waals surface area contributed by atoms with Crippen LogP contribution < -0.4 is 27.0 Å². The van der Waals surface area contributed by atoms with E-state index in [1.165, 1.54) is 11.3 Å².